The third kappa shape index (κ3) is 5.15. The van der Waals surface area contributed by atoms with Gasteiger partial charge in [-0.25, -0.2) is 0 Å². The predicted molar refractivity (Wildman–Crippen MR) is 119 cm³/mol. The first-order valence-electron chi connectivity index (χ1n) is 9.27. The molecule has 4 rings (SSSR count). The van der Waals surface area contributed by atoms with E-state index in [0.29, 0.717) is 33.8 Å². The molecule has 7 nitrogen and oxygen atoms in total. The number of amides is 1. The fourth-order valence-electron chi connectivity index (χ4n) is 2.86. The monoisotopic (exact) mass is 449 g/mol. The molecule has 0 aliphatic rings. The molecule has 0 saturated carbocycles. The lowest BCUT2D eigenvalue weighted by Gasteiger charge is -2.09. The summed E-state index contributed by atoms with van der Waals surface area (Å²) in [6.07, 6.45) is 1.61. The number of furan rings is 1. The van der Waals surface area contributed by atoms with E-state index >= 15 is 0 Å². The fourth-order valence-corrected chi connectivity index (χ4v) is 3.73. The smallest absolute Gasteiger partial charge is 0.234 e. The van der Waals surface area contributed by atoms with Crippen LogP contribution in [-0.2, 0) is 11.3 Å². The summed E-state index contributed by atoms with van der Waals surface area (Å²) in [7, 11) is 0. The summed E-state index contributed by atoms with van der Waals surface area (Å²) in [5.41, 5.74) is 2.02. The molecule has 0 bridgehead atoms. The van der Waals surface area contributed by atoms with Crippen LogP contribution in [0.1, 0.15) is 11.3 Å². The number of carbonyl (C=O) groups is 1. The van der Waals surface area contributed by atoms with E-state index in [9.17, 15) is 4.79 Å². The summed E-state index contributed by atoms with van der Waals surface area (Å²) in [5, 5.41) is 21.5. The molecule has 0 aliphatic carbocycles. The van der Waals surface area contributed by atoms with Crippen molar-refractivity contribution in [1.82, 2.24) is 14.8 Å². The lowest BCUT2D eigenvalue weighted by atomic mass is 10.2. The lowest BCUT2D eigenvalue weighted by Crippen LogP contribution is -2.14. The molecule has 31 heavy (non-hydrogen) atoms. The molecule has 154 valence electrons. The fraction of sp³-hybridized carbons (Fsp3) is 0.0909. The van der Waals surface area contributed by atoms with Crippen molar-refractivity contribution in [1.29, 1.82) is 5.26 Å². The molecule has 2 aromatic carbocycles. The summed E-state index contributed by atoms with van der Waals surface area (Å²) >= 11 is 7.28. The highest BCUT2D eigenvalue weighted by Gasteiger charge is 2.17. The van der Waals surface area contributed by atoms with Crippen molar-refractivity contribution < 1.29 is 9.21 Å². The number of thioether (sulfide) groups is 1. The van der Waals surface area contributed by atoms with E-state index in [1.165, 1.54) is 11.8 Å². The second-order valence-corrected chi connectivity index (χ2v) is 7.88. The van der Waals surface area contributed by atoms with Crippen molar-refractivity contribution in [3.05, 3.63) is 83.3 Å². The van der Waals surface area contributed by atoms with Gasteiger partial charge in [-0.3, -0.25) is 9.36 Å². The Morgan fingerprint density at radius 3 is 2.58 bits per heavy atom. The average Bonchev–Trinajstić information content (AvgIpc) is 3.44. The first-order valence-corrected chi connectivity index (χ1v) is 10.6. The molecule has 0 saturated heterocycles. The van der Waals surface area contributed by atoms with Crippen molar-refractivity contribution in [3.63, 3.8) is 0 Å². The van der Waals surface area contributed by atoms with Gasteiger partial charge in [-0.05, 0) is 60.7 Å². The topological polar surface area (TPSA) is 96.7 Å². The van der Waals surface area contributed by atoms with Gasteiger partial charge in [0.25, 0.3) is 0 Å². The molecule has 2 aromatic heterocycles. The zero-order chi connectivity index (χ0) is 21.6. The normalized spacial score (nSPS) is 10.6. The van der Waals surface area contributed by atoms with Gasteiger partial charge in [0.05, 0.1) is 30.2 Å². The predicted octanol–water partition coefficient (Wildman–Crippen LogP) is 4.84. The zero-order valence-electron chi connectivity index (χ0n) is 16.2. The van der Waals surface area contributed by atoms with Gasteiger partial charge in [-0.2, -0.15) is 5.26 Å². The Morgan fingerprint density at radius 1 is 1.13 bits per heavy atom. The van der Waals surface area contributed by atoms with Gasteiger partial charge < -0.3 is 9.73 Å². The highest BCUT2D eigenvalue weighted by atomic mass is 35.5. The van der Waals surface area contributed by atoms with Crippen molar-refractivity contribution in [3.8, 4) is 17.5 Å². The number of anilines is 1. The van der Waals surface area contributed by atoms with E-state index in [0.717, 1.165) is 11.3 Å². The highest BCUT2D eigenvalue weighted by Crippen LogP contribution is 2.26. The third-order valence-electron chi connectivity index (χ3n) is 4.34. The molecule has 1 amide bonds. The molecular formula is C22H16ClN5O2S. The number of nitrogens with one attached hydrogen (secondary N) is 1. The van der Waals surface area contributed by atoms with Crippen LogP contribution >= 0.6 is 23.4 Å². The lowest BCUT2D eigenvalue weighted by molar-refractivity contribution is -0.113. The maximum atomic E-state index is 12.4. The number of hydrogen-bond donors (Lipinski definition) is 1. The van der Waals surface area contributed by atoms with Crippen LogP contribution in [0.5, 0.6) is 0 Å². The molecule has 1 N–H and O–H groups in total. The number of carbonyl (C=O) groups excluding carboxylic acids is 1. The second-order valence-electron chi connectivity index (χ2n) is 6.50. The SMILES string of the molecule is N#Cc1ccc(NC(=O)CSc2nnc(-c3ccc(Cl)cc3)n2Cc2ccco2)cc1. The van der Waals surface area contributed by atoms with Crippen LogP contribution in [0.2, 0.25) is 5.02 Å². The van der Waals surface area contributed by atoms with Crippen LogP contribution in [0.25, 0.3) is 11.4 Å². The van der Waals surface area contributed by atoms with E-state index in [4.69, 9.17) is 21.3 Å². The van der Waals surface area contributed by atoms with E-state index in [-0.39, 0.29) is 11.7 Å². The Kier molecular flexibility index (Phi) is 6.36. The third-order valence-corrected chi connectivity index (χ3v) is 5.56. The summed E-state index contributed by atoms with van der Waals surface area (Å²) in [5.74, 6) is 1.37. The second kappa shape index (κ2) is 9.51. The number of nitriles is 1. The van der Waals surface area contributed by atoms with E-state index in [1.807, 2.05) is 34.9 Å². The minimum atomic E-state index is -0.185. The summed E-state index contributed by atoms with van der Waals surface area (Å²) in [6.45, 7) is 0.428. The number of rotatable bonds is 7. The number of aromatic nitrogens is 3. The van der Waals surface area contributed by atoms with Gasteiger partial charge in [0.1, 0.15) is 5.76 Å². The minimum Gasteiger partial charge on any atom is -0.467 e. The summed E-state index contributed by atoms with van der Waals surface area (Å²) < 4.78 is 7.39. The first-order chi connectivity index (χ1) is 15.1. The highest BCUT2D eigenvalue weighted by molar-refractivity contribution is 7.99. The minimum absolute atomic E-state index is 0.150. The van der Waals surface area contributed by atoms with Crippen molar-refractivity contribution in [2.75, 3.05) is 11.1 Å². The Hall–Kier alpha value is -3.54. The Balaban J connectivity index is 1.51. The van der Waals surface area contributed by atoms with Gasteiger partial charge in [0.15, 0.2) is 11.0 Å². The molecule has 0 fully saturated rings. The number of halogens is 1. The number of nitrogens with zero attached hydrogens (tertiary/aromatic N) is 4. The van der Waals surface area contributed by atoms with Gasteiger partial charge in [0, 0.05) is 16.3 Å². The standard InChI is InChI=1S/C22H16ClN5O2S/c23-17-7-5-16(6-8-17)21-26-27-22(28(21)13-19-2-1-11-30-19)31-14-20(29)25-18-9-3-15(12-24)4-10-18/h1-11H,13-14H2,(H,25,29). The van der Waals surface area contributed by atoms with Crippen molar-refractivity contribution in [2.45, 2.75) is 11.7 Å². The summed E-state index contributed by atoms with van der Waals surface area (Å²) in [4.78, 5) is 12.4. The van der Waals surface area contributed by atoms with Crippen LogP contribution in [0.3, 0.4) is 0 Å². The van der Waals surface area contributed by atoms with Gasteiger partial charge in [-0.15, -0.1) is 10.2 Å². The quantitative estimate of drug-likeness (QED) is 0.405. The van der Waals surface area contributed by atoms with Crippen LogP contribution in [0, 0.1) is 11.3 Å². The van der Waals surface area contributed by atoms with Crippen molar-refractivity contribution in [2.24, 2.45) is 0 Å². The Labute approximate surface area is 187 Å². The van der Waals surface area contributed by atoms with Crippen LogP contribution < -0.4 is 5.32 Å². The number of hydrogen-bond acceptors (Lipinski definition) is 6. The molecule has 4 aromatic rings. The maximum absolute atomic E-state index is 12.4. The van der Waals surface area contributed by atoms with E-state index < -0.39 is 0 Å². The van der Waals surface area contributed by atoms with Crippen molar-refractivity contribution >= 4 is 35.0 Å². The Morgan fingerprint density at radius 2 is 1.90 bits per heavy atom. The molecule has 9 heteroatoms. The van der Waals surface area contributed by atoms with Gasteiger partial charge in [0.2, 0.25) is 5.91 Å². The van der Waals surface area contributed by atoms with Crippen LogP contribution in [0.15, 0.2) is 76.5 Å². The molecule has 0 radical (unpaired) electrons. The van der Waals surface area contributed by atoms with E-state index in [1.54, 1.807) is 42.7 Å². The molecule has 0 aliphatic heterocycles. The first kappa shape index (κ1) is 20.7. The van der Waals surface area contributed by atoms with Gasteiger partial charge >= 0.3 is 0 Å². The van der Waals surface area contributed by atoms with Gasteiger partial charge in [-0.1, -0.05) is 23.4 Å². The van der Waals surface area contributed by atoms with Crippen LogP contribution in [-0.4, -0.2) is 26.4 Å². The molecule has 0 spiro atoms. The number of benzene rings is 2. The maximum Gasteiger partial charge on any atom is 0.234 e. The zero-order valence-corrected chi connectivity index (χ0v) is 17.7. The largest absolute Gasteiger partial charge is 0.467 e. The molecule has 0 unspecified atom stereocenters. The Bertz CT molecular complexity index is 1210. The average molecular weight is 450 g/mol. The van der Waals surface area contributed by atoms with E-state index in [2.05, 4.69) is 15.5 Å². The molecule has 0 atom stereocenters. The molecular weight excluding hydrogens is 434 g/mol. The van der Waals surface area contributed by atoms with Crippen LogP contribution in [0.4, 0.5) is 5.69 Å². The summed E-state index contributed by atoms with van der Waals surface area (Å²) in [6, 6.07) is 19.8. The molecule has 2 heterocycles.